The number of rotatable bonds is 10. The Morgan fingerprint density at radius 2 is 1.35 bits per heavy atom. The van der Waals surface area contributed by atoms with Gasteiger partial charge in [0.25, 0.3) is 0 Å². The molecule has 1 aromatic rings. The SMILES string of the molecule is CC(C)(C)[Si](C)(C)OC1CCC(=O)CC1.CC(C)(C)[Si](C)(C)OC1CCc2c(C(=O)O)nn(COCC[Si](C)(C)C)c2C1. The molecule has 2 aliphatic rings. The molecule has 248 valence electrons. The van der Waals surface area contributed by atoms with Crippen molar-refractivity contribution >= 4 is 36.5 Å². The minimum atomic E-state index is -1.87. The van der Waals surface area contributed by atoms with Crippen LogP contribution in [0.5, 0.6) is 0 Å². The summed E-state index contributed by atoms with van der Waals surface area (Å²) in [5.74, 6) is -0.550. The zero-order valence-corrected chi connectivity index (χ0v) is 32.6. The molecule has 0 saturated heterocycles. The van der Waals surface area contributed by atoms with Gasteiger partial charge >= 0.3 is 5.97 Å². The van der Waals surface area contributed by atoms with E-state index in [0.717, 1.165) is 49.4 Å². The minimum absolute atomic E-state index is 0.118. The first-order valence-corrected chi connectivity index (χ1v) is 25.7. The van der Waals surface area contributed by atoms with Crippen molar-refractivity contribution in [2.75, 3.05) is 6.61 Å². The van der Waals surface area contributed by atoms with E-state index in [0.29, 0.717) is 38.1 Å². The van der Waals surface area contributed by atoms with Crippen LogP contribution in [0, 0.1) is 0 Å². The lowest BCUT2D eigenvalue weighted by Gasteiger charge is -2.40. The summed E-state index contributed by atoms with van der Waals surface area (Å²) < 4.78 is 20.5. The average Bonchev–Trinajstić information content (AvgIpc) is 3.19. The van der Waals surface area contributed by atoms with E-state index in [1.54, 1.807) is 4.68 Å². The van der Waals surface area contributed by atoms with E-state index in [1.807, 2.05) is 0 Å². The van der Waals surface area contributed by atoms with Crippen molar-refractivity contribution in [3.05, 3.63) is 17.0 Å². The molecule has 8 nitrogen and oxygen atoms in total. The van der Waals surface area contributed by atoms with Gasteiger partial charge in [0.15, 0.2) is 22.3 Å². The van der Waals surface area contributed by atoms with Crippen molar-refractivity contribution in [3.63, 3.8) is 0 Å². The summed E-state index contributed by atoms with van der Waals surface area (Å²) in [6, 6.07) is 1.08. The highest BCUT2D eigenvalue weighted by Crippen LogP contribution is 2.40. The van der Waals surface area contributed by atoms with Crippen LogP contribution < -0.4 is 0 Å². The number of carbonyl (C=O) groups excluding carboxylic acids is 1. The van der Waals surface area contributed by atoms with E-state index in [2.05, 4.69) is 92.5 Å². The number of carbonyl (C=O) groups is 2. The lowest BCUT2D eigenvalue weighted by atomic mass is 9.93. The molecule has 1 fully saturated rings. The van der Waals surface area contributed by atoms with Gasteiger partial charge in [-0.1, -0.05) is 61.2 Å². The Morgan fingerprint density at radius 1 is 0.860 bits per heavy atom. The van der Waals surface area contributed by atoms with Gasteiger partial charge in [-0.3, -0.25) is 4.79 Å². The number of carboxylic acid groups (broad SMARTS) is 1. The highest BCUT2D eigenvalue weighted by atomic mass is 28.4. The fourth-order valence-corrected chi connectivity index (χ4v) is 8.34. The van der Waals surface area contributed by atoms with Gasteiger partial charge in [0.2, 0.25) is 0 Å². The van der Waals surface area contributed by atoms with Gasteiger partial charge in [0, 0.05) is 51.3 Å². The Kier molecular flexibility index (Phi) is 12.9. The summed E-state index contributed by atoms with van der Waals surface area (Å²) >= 11 is 0. The van der Waals surface area contributed by atoms with Gasteiger partial charge in [-0.05, 0) is 68.0 Å². The van der Waals surface area contributed by atoms with E-state index in [-0.39, 0.29) is 21.9 Å². The van der Waals surface area contributed by atoms with Crippen molar-refractivity contribution in [2.45, 2.75) is 167 Å². The molecule has 2 aliphatic carbocycles. The van der Waals surface area contributed by atoms with Crippen LogP contribution in [0.1, 0.15) is 95.4 Å². The molecule has 1 aromatic heterocycles. The molecule has 1 heterocycles. The monoisotopic (exact) mass is 654 g/mol. The van der Waals surface area contributed by atoms with E-state index >= 15 is 0 Å². The van der Waals surface area contributed by atoms with Crippen LogP contribution in [0.2, 0.25) is 61.9 Å². The van der Waals surface area contributed by atoms with Crippen molar-refractivity contribution in [2.24, 2.45) is 0 Å². The Balaban J connectivity index is 0.000000362. The highest BCUT2D eigenvalue weighted by molar-refractivity contribution is 6.76. The molecule has 1 saturated carbocycles. The summed E-state index contributed by atoms with van der Waals surface area (Å²) in [6.07, 6.45) is 6.03. The van der Waals surface area contributed by atoms with Crippen LogP contribution in [-0.4, -0.2) is 70.2 Å². The Morgan fingerprint density at radius 3 is 1.81 bits per heavy atom. The summed E-state index contributed by atoms with van der Waals surface area (Å²) in [7, 11) is -4.65. The summed E-state index contributed by atoms with van der Waals surface area (Å²) in [5.41, 5.74) is 2.01. The van der Waals surface area contributed by atoms with Crippen molar-refractivity contribution < 1.29 is 28.3 Å². The molecule has 43 heavy (non-hydrogen) atoms. The zero-order chi connectivity index (χ0) is 33.0. The van der Waals surface area contributed by atoms with Crippen molar-refractivity contribution in [3.8, 4) is 0 Å². The molecule has 0 spiro atoms. The van der Waals surface area contributed by atoms with Gasteiger partial charge in [0.05, 0.1) is 6.10 Å². The molecular weight excluding hydrogens is 593 g/mol. The predicted molar refractivity (Wildman–Crippen MR) is 183 cm³/mol. The molecule has 0 bridgehead atoms. The van der Waals surface area contributed by atoms with Crippen LogP contribution in [-0.2, 0) is 38.0 Å². The van der Waals surface area contributed by atoms with Gasteiger partial charge in [-0.25, -0.2) is 9.48 Å². The zero-order valence-electron chi connectivity index (χ0n) is 29.6. The fourth-order valence-electron chi connectivity index (χ4n) is 4.77. The largest absolute Gasteiger partial charge is 0.476 e. The third-order valence-electron chi connectivity index (χ3n) is 9.74. The summed E-state index contributed by atoms with van der Waals surface area (Å²) in [6.45, 7) is 30.5. The number of hydrogen-bond acceptors (Lipinski definition) is 6. The molecule has 1 unspecified atom stereocenters. The minimum Gasteiger partial charge on any atom is -0.476 e. The number of fused-ring (bicyclic) bond motifs is 1. The van der Waals surface area contributed by atoms with Crippen LogP contribution in [0.15, 0.2) is 0 Å². The standard InChI is InChI=1S/C20H38N2O4Si2.C12H24O2Si/c1-20(2,3)28(7,8)26-15-9-10-16-17(13-15)22(21-18(16)19(23)24)14-25-11-12-27(4,5)6;1-12(2,3)15(4,5)14-11-8-6-10(13)7-9-11/h15H,9-14H2,1-8H3,(H,23,24);11H,6-9H2,1-5H3. The quantitative estimate of drug-likeness (QED) is 0.200. The van der Waals surface area contributed by atoms with E-state index in [4.69, 9.17) is 13.6 Å². The predicted octanol–water partition coefficient (Wildman–Crippen LogP) is 8.29. The maximum absolute atomic E-state index is 11.7. The highest BCUT2D eigenvalue weighted by Gasteiger charge is 2.41. The normalized spacial score (nSPS) is 19.1. The number of nitrogens with zero attached hydrogens (tertiary/aromatic N) is 2. The maximum Gasteiger partial charge on any atom is 0.356 e. The van der Waals surface area contributed by atoms with Crippen LogP contribution >= 0.6 is 0 Å². The van der Waals surface area contributed by atoms with Crippen molar-refractivity contribution in [1.82, 2.24) is 9.78 Å². The Bertz CT molecular complexity index is 1090. The first-order chi connectivity index (χ1) is 19.4. The molecule has 11 heteroatoms. The third-order valence-corrected chi connectivity index (χ3v) is 20.5. The van der Waals surface area contributed by atoms with Crippen LogP contribution in [0.4, 0.5) is 0 Å². The van der Waals surface area contributed by atoms with Gasteiger partial charge in [-0.2, -0.15) is 5.10 Å². The first kappa shape index (κ1) is 38.1. The second-order valence-corrected chi connectivity index (χ2v) is 31.9. The topological polar surface area (TPSA) is 99.9 Å². The van der Waals surface area contributed by atoms with E-state index in [1.165, 1.54) is 0 Å². The lowest BCUT2D eigenvalue weighted by molar-refractivity contribution is -0.121. The van der Waals surface area contributed by atoms with Gasteiger partial charge in [0.1, 0.15) is 12.5 Å². The molecule has 3 rings (SSSR count). The number of Topliss-reactive ketones (excluding diaryl/α,β-unsaturated/α-hetero) is 1. The number of aromatic nitrogens is 2. The van der Waals surface area contributed by atoms with Gasteiger partial charge in [-0.15, -0.1) is 0 Å². The fraction of sp³-hybridized carbons (Fsp3) is 0.844. The second-order valence-electron chi connectivity index (χ2n) is 16.8. The molecule has 0 radical (unpaired) electrons. The molecule has 0 aromatic carbocycles. The smallest absolute Gasteiger partial charge is 0.356 e. The molecule has 1 atom stereocenters. The second kappa shape index (κ2) is 14.5. The van der Waals surface area contributed by atoms with E-state index in [9.17, 15) is 14.7 Å². The molecule has 1 N–H and O–H groups in total. The number of carboxylic acids is 1. The van der Waals surface area contributed by atoms with Crippen LogP contribution in [0.25, 0.3) is 0 Å². The third kappa shape index (κ3) is 11.3. The summed E-state index contributed by atoms with van der Waals surface area (Å²) in [5, 5.41) is 14.3. The molecule has 0 aliphatic heterocycles. The maximum atomic E-state index is 11.7. The number of ether oxygens (including phenoxy) is 1. The molecule has 0 amide bonds. The number of ketones is 1. The van der Waals surface area contributed by atoms with Crippen LogP contribution in [0.3, 0.4) is 0 Å². The summed E-state index contributed by atoms with van der Waals surface area (Å²) in [4.78, 5) is 22.8. The number of hydrogen-bond donors (Lipinski definition) is 1. The first-order valence-electron chi connectivity index (χ1n) is 16.2. The average molecular weight is 655 g/mol. The lowest BCUT2D eigenvalue weighted by Crippen LogP contribution is -2.45. The number of aromatic carboxylic acids is 1. The van der Waals surface area contributed by atoms with Crippen molar-refractivity contribution in [1.29, 1.82) is 0 Å². The van der Waals surface area contributed by atoms with Gasteiger partial charge < -0.3 is 18.7 Å². The Hall–Kier alpha value is -1.12. The molecular formula is C32H62N2O6Si3. The van der Waals surface area contributed by atoms with E-state index < -0.39 is 30.7 Å². The Labute approximate surface area is 264 Å².